The Morgan fingerprint density at radius 3 is 2.67 bits per heavy atom. The highest BCUT2D eigenvalue weighted by Gasteiger charge is 2.12. The third-order valence-corrected chi connectivity index (χ3v) is 3.21. The molecule has 1 aliphatic heterocycles. The van der Waals surface area contributed by atoms with Crippen LogP contribution in [0.15, 0.2) is 24.3 Å². The minimum absolute atomic E-state index is 0.353. The lowest BCUT2D eigenvalue weighted by Gasteiger charge is -2.19. The molecule has 2 N–H and O–H groups in total. The highest BCUT2D eigenvalue weighted by atomic mass is 32.1. The first kappa shape index (κ1) is 13.1. The van der Waals surface area contributed by atoms with Crippen LogP contribution in [-0.4, -0.2) is 24.2 Å². The highest BCUT2D eigenvalue weighted by Crippen LogP contribution is 2.23. The number of hydrogen-bond donors (Lipinski definition) is 2. The Balaban J connectivity index is 2.00. The lowest BCUT2D eigenvalue weighted by Crippen LogP contribution is -2.33. The third-order valence-electron chi connectivity index (χ3n) is 3.00. The summed E-state index contributed by atoms with van der Waals surface area (Å²) < 4.78 is 0. The summed E-state index contributed by atoms with van der Waals surface area (Å²) in [5, 5.41) is 7.10. The normalized spacial score (nSPS) is 14.9. The van der Waals surface area contributed by atoms with E-state index in [2.05, 4.69) is 47.6 Å². The van der Waals surface area contributed by atoms with Crippen molar-refractivity contribution in [2.24, 2.45) is 0 Å². The molecule has 1 aromatic rings. The second kappa shape index (κ2) is 6.05. The van der Waals surface area contributed by atoms with Gasteiger partial charge in [0.2, 0.25) is 0 Å². The van der Waals surface area contributed by atoms with Crippen LogP contribution in [0.3, 0.4) is 0 Å². The van der Waals surface area contributed by atoms with Gasteiger partial charge in [0.15, 0.2) is 5.11 Å². The van der Waals surface area contributed by atoms with Gasteiger partial charge < -0.3 is 15.5 Å². The van der Waals surface area contributed by atoms with E-state index in [0.29, 0.717) is 11.2 Å². The van der Waals surface area contributed by atoms with Crippen molar-refractivity contribution < 1.29 is 0 Å². The number of hydrogen-bond acceptors (Lipinski definition) is 2. The van der Waals surface area contributed by atoms with E-state index in [1.807, 2.05) is 6.07 Å². The van der Waals surface area contributed by atoms with Crippen molar-refractivity contribution in [1.82, 2.24) is 5.32 Å². The maximum atomic E-state index is 5.25. The molecule has 0 radical (unpaired) electrons. The molecule has 0 aliphatic carbocycles. The van der Waals surface area contributed by atoms with Gasteiger partial charge in [-0.25, -0.2) is 0 Å². The number of nitrogens with zero attached hydrogens (tertiary/aromatic N) is 1. The Hall–Kier alpha value is -1.29. The smallest absolute Gasteiger partial charge is 0.170 e. The van der Waals surface area contributed by atoms with E-state index in [9.17, 15) is 0 Å². The van der Waals surface area contributed by atoms with Crippen molar-refractivity contribution >= 4 is 28.7 Å². The molecule has 98 valence electrons. The summed E-state index contributed by atoms with van der Waals surface area (Å²) >= 11 is 5.25. The van der Waals surface area contributed by atoms with Gasteiger partial charge in [-0.1, -0.05) is 6.07 Å². The Morgan fingerprint density at radius 2 is 2.00 bits per heavy atom. The van der Waals surface area contributed by atoms with Gasteiger partial charge in [-0.05, 0) is 57.1 Å². The van der Waals surface area contributed by atoms with E-state index in [1.54, 1.807) is 0 Å². The summed E-state index contributed by atoms with van der Waals surface area (Å²) in [6, 6.07) is 8.81. The zero-order chi connectivity index (χ0) is 13.0. The fourth-order valence-electron chi connectivity index (χ4n) is 2.19. The van der Waals surface area contributed by atoms with Gasteiger partial charge in [0, 0.05) is 30.5 Å². The van der Waals surface area contributed by atoms with Crippen LogP contribution < -0.4 is 15.5 Å². The summed E-state index contributed by atoms with van der Waals surface area (Å²) in [6.07, 6.45) is 2.59. The molecule has 1 aromatic carbocycles. The average molecular weight is 263 g/mol. The Morgan fingerprint density at radius 1 is 1.28 bits per heavy atom. The number of thiocarbonyl (C=S) groups is 1. The van der Waals surface area contributed by atoms with Crippen molar-refractivity contribution in [1.29, 1.82) is 0 Å². The van der Waals surface area contributed by atoms with Crippen molar-refractivity contribution in [3.8, 4) is 0 Å². The van der Waals surface area contributed by atoms with Gasteiger partial charge in [-0.3, -0.25) is 0 Å². The van der Waals surface area contributed by atoms with Gasteiger partial charge in [0.1, 0.15) is 0 Å². The SMILES string of the molecule is CC(C)NC(=S)Nc1cccc(N2CCCC2)c1. The molecule has 2 rings (SSSR count). The Labute approximate surface area is 115 Å². The van der Waals surface area contributed by atoms with Gasteiger partial charge in [-0.15, -0.1) is 0 Å². The number of benzene rings is 1. The van der Waals surface area contributed by atoms with E-state index >= 15 is 0 Å². The molecule has 4 heteroatoms. The predicted molar refractivity (Wildman–Crippen MR) is 82.4 cm³/mol. The zero-order valence-electron chi connectivity index (χ0n) is 11.1. The van der Waals surface area contributed by atoms with Crippen LogP contribution in [0.4, 0.5) is 11.4 Å². The topological polar surface area (TPSA) is 27.3 Å². The van der Waals surface area contributed by atoms with Gasteiger partial charge in [0.05, 0.1) is 0 Å². The van der Waals surface area contributed by atoms with E-state index in [0.717, 1.165) is 18.8 Å². The van der Waals surface area contributed by atoms with Gasteiger partial charge in [-0.2, -0.15) is 0 Å². The molecule has 0 spiro atoms. The van der Waals surface area contributed by atoms with Crippen LogP contribution in [0.25, 0.3) is 0 Å². The number of anilines is 2. The standard InChI is InChI=1S/C14H21N3S/c1-11(2)15-14(18)16-12-6-5-7-13(10-12)17-8-3-4-9-17/h5-7,10-11H,3-4,8-9H2,1-2H3,(H2,15,16,18). The fourth-order valence-corrected chi connectivity index (χ4v) is 2.54. The second-order valence-electron chi connectivity index (χ2n) is 5.00. The van der Waals surface area contributed by atoms with E-state index in [4.69, 9.17) is 12.2 Å². The van der Waals surface area contributed by atoms with Crippen LogP contribution in [0.1, 0.15) is 26.7 Å². The molecular formula is C14H21N3S. The van der Waals surface area contributed by atoms with Crippen molar-refractivity contribution in [3.63, 3.8) is 0 Å². The van der Waals surface area contributed by atoms with Crippen LogP contribution >= 0.6 is 12.2 Å². The van der Waals surface area contributed by atoms with E-state index in [-0.39, 0.29) is 0 Å². The van der Waals surface area contributed by atoms with Gasteiger partial charge in [0.25, 0.3) is 0 Å². The molecule has 1 saturated heterocycles. The lowest BCUT2D eigenvalue weighted by atomic mass is 10.2. The second-order valence-corrected chi connectivity index (χ2v) is 5.41. The van der Waals surface area contributed by atoms with Crippen LogP contribution in [0.2, 0.25) is 0 Å². The minimum Gasteiger partial charge on any atom is -0.371 e. The summed E-state index contributed by atoms with van der Waals surface area (Å²) in [5.74, 6) is 0. The zero-order valence-corrected chi connectivity index (χ0v) is 11.9. The largest absolute Gasteiger partial charge is 0.371 e. The Kier molecular flexibility index (Phi) is 4.42. The monoisotopic (exact) mass is 263 g/mol. The molecule has 3 nitrogen and oxygen atoms in total. The first-order chi connectivity index (χ1) is 8.65. The Bertz CT molecular complexity index is 411. The molecule has 0 amide bonds. The molecular weight excluding hydrogens is 242 g/mol. The van der Waals surface area contributed by atoms with Crippen LogP contribution in [0, 0.1) is 0 Å². The molecule has 0 aromatic heterocycles. The summed E-state index contributed by atoms with van der Waals surface area (Å²) in [6.45, 7) is 6.49. The summed E-state index contributed by atoms with van der Waals surface area (Å²) in [5.41, 5.74) is 2.34. The molecule has 1 fully saturated rings. The number of nitrogens with one attached hydrogen (secondary N) is 2. The molecule has 0 unspecified atom stereocenters. The van der Waals surface area contributed by atoms with E-state index in [1.165, 1.54) is 18.5 Å². The number of rotatable bonds is 3. The maximum Gasteiger partial charge on any atom is 0.170 e. The summed E-state index contributed by atoms with van der Waals surface area (Å²) in [7, 11) is 0. The molecule has 0 bridgehead atoms. The van der Waals surface area contributed by atoms with Crippen LogP contribution in [-0.2, 0) is 0 Å². The minimum atomic E-state index is 0.353. The average Bonchev–Trinajstić information content (AvgIpc) is 2.81. The molecule has 18 heavy (non-hydrogen) atoms. The van der Waals surface area contributed by atoms with Gasteiger partial charge >= 0.3 is 0 Å². The maximum absolute atomic E-state index is 5.25. The van der Waals surface area contributed by atoms with Crippen LogP contribution in [0.5, 0.6) is 0 Å². The molecule has 1 aliphatic rings. The quantitative estimate of drug-likeness (QED) is 0.820. The third kappa shape index (κ3) is 3.60. The van der Waals surface area contributed by atoms with Crippen molar-refractivity contribution in [2.45, 2.75) is 32.7 Å². The lowest BCUT2D eigenvalue weighted by molar-refractivity contribution is 0.739. The molecule has 0 atom stereocenters. The van der Waals surface area contributed by atoms with Crippen molar-refractivity contribution in [2.75, 3.05) is 23.3 Å². The summed E-state index contributed by atoms with van der Waals surface area (Å²) in [4.78, 5) is 2.42. The first-order valence-corrected chi connectivity index (χ1v) is 6.98. The highest BCUT2D eigenvalue weighted by molar-refractivity contribution is 7.80. The van der Waals surface area contributed by atoms with E-state index < -0.39 is 0 Å². The predicted octanol–water partition coefficient (Wildman–Crippen LogP) is 2.98. The van der Waals surface area contributed by atoms with Crippen molar-refractivity contribution in [3.05, 3.63) is 24.3 Å². The molecule has 0 saturated carbocycles. The molecule has 1 heterocycles. The first-order valence-electron chi connectivity index (χ1n) is 6.57. The fraction of sp³-hybridized carbons (Fsp3) is 0.500.